The molecule has 3 heteroatoms. The van der Waals surface area contributed by atoms with Gasteiger partial charge in [-0.3, -0.25) is 0 Å². The van der Waals surface area contributed by atoms with Gasteiger partial charge in [0, 0.05) is 11.6 Å². The average Bonchev–Trinajstić information content (AvgIpc) is 2.02. The molecule has 1 saturated carbocycles. The molecule has 1 rings (SSSR count). The van der Waals surface area contributed by atoms with E-state index in [0.717, 1.165) is 12.8 Å². The van der Waals surface area contributed by atoms with Crippen molar-refractivity contribution in [2.75, 3.05) is 0 Å². The lowest BCUT2D eigenvalue weighted by atomic mass is 9.97. The van der Waals surface area contributed by atoms with Crippen molar-refractivity contribution in [3.05, 3.63) is 0 Å². The first-order valence-corrected chi connectivity index (χ1v) is 8.78. The molecule has 0 bridgehead atoms. The molecule has 1 N–H and O–H groups in total. The maximum Gasteiger partial charge on any atom is 0.192 e. The Balaban J connectivity index is 2.59. The van der Waals surface area contributed by atoms with E-state index in [0.29, 0.717) is 11.6 Å². The third kappa shape index (κ3) is 3.07. The van der Waals surface area contributed by atoms with Crippen LogP contribution in [0, 0.1) is 0 Å². The highest BCUT2D eigenvalue weighted by Gasteiger charge is 2.40. The molecule has 1 fully saturated rings. The first kappa shape index (κ1) is 12.2. The minimum atomic E-state index is -1.68. The summed E-state index contributed by atoms with van der Waals surface area (Å²) < 4.78 is 6.03. The molecule has 14 heavy (non-hydrogen) atoms. The highest BCUT2D eigenvalue weighted by atomic mass is 28.4. The molecular weight excluding hydrogens is 192 g/mol. The monoisotopic (exact) mass is 216 g/mol. The summed E-state index contributed by atoms with van der Waals surface area (Å²) in [6.07, 6.45) is 4.77. The van der Waals surface area contributed by atoms with Gasteiger partial charge in [-0.1, -0.05) is 12.8 Å². The Labute approximate surface area is 88.8 Å². The van der Waals surface area contributed by atoms with Gasteiger partial charge in [0.2, 0.25) is 0 Å². The van der Waals surface area contributed by atoms with E-state index < -0.39 is 8.32 Å². The zero-order chi connectivity index (χ0) is 10.8. The molecule has 0 aromatic rings. The third-order valence-corrected chi connectivity index (χ3v) is 6.70. The van der Waals surface area contributed by atoms with Crippen LogP contribution < -0.4 is 0 Å². The number of hydrogen-bond acceptors (Lipinski definition) is 2. The van der Waals surface area contributed by atoms with Gasteiger partial charge < -0.3 is 9.53 Å². The Hall–Kier alpha value is 0.137. The molecule has 0 spiro atoms. The van der Waals surface area contributed by atoms with E-state index in [2.05, 4.69) is 26.9 Å². The topological polar surface area (TPSA) is 29.5 Å². The van der Waals surface area contributed by atoms with E-state index in [1.54, 1.807) is 0 Å². The highest BCUT2D eigenvalue weighted by molar-refractivity contribution is 6.72. The van der Waals surface area contributed by atoms with Gasteiger partial charge in [0.05, 0.1) is 6.10 Å². The van der Waals surface area contributed by atoms with Crippen LogP contribution in [0.2, 0.25) is 18.6 Å². The molecule has 0 saturated heterocycles. The summed E-state index contributed by atoms with van der Waals surface area (Å²) >= 11 is 0. The fourth-order valence-electron chi connectivity index (χ4n) is 2.62. The van der Waals surface area contributed by atoms with Crippen LogP contribution in [0.1, 0.15) is 39.5 Å². The zero-order valence-electron chi connectivity index (χ0n) is 9.92. The largest absolute Gasteiger partial charge is 0.415 e. The summed E-state index contributed by atoms with van der Waals surface area (Å²) in [4.78, 5) is 0. The fourth-order valence-corrected chi connectivity index (χ4v) is 6.00. The lowest BCUT2D eigenvalue weighted by molar-refractivity contribution is 0.111. The van der Waals surface area contributed by atoms with Crippen molar-refractivity contribution in [3.63, 3.8) is 0 Å². The number of rotatable bonds is 3. The summed E-state index contributed by atoms with van der Waals surface area (Å²) in [5.74, 6) is 0. The second-order valence-corrected chi connectivity index (χ2v) is 9.41. The lowest BCUT2D eigenvalue weighted by Gasteiger charge is -2.39. The number of aliphatic hydroxyl groups is 1. The second-order valence-electron chi connectivity index (χ2n) is 5.23. The van der Waals surface area contributed by atoms with Crippen molar-refractivity contribution in [1.82, 2.24) is 0 Å². The van der Waals surface area contributed by atoms with Gasteiger partial charge in [-0.05, 0) is 39.8 Å². The molecule has 2 nitrogen and oxygen atoms in total. The molecule has 0 aliphatic heterocycles. The Morgan fingerprint density at radius 3 is 2.29 bits per heavy atom. The van der Waals surface area contributed by atoms with Crippen molar-refractivity contribution in [2.24, 2.45) is 0 Å². The van der Waals surface area contributed by atoms with E-state index in [9.17, 15) is 5.11 Å². The van der Waals surface area contributed by atoms with Crippen LogP contribution in [0.4, 0.5) is 0 Å². The summed E-state index contributed by atoms with van der Waals surface area (Å²) in [7, 11) is -1.68. The minimum absolute atomic E-state index is 0.107. The van der Waals surface area contributed by atoms with Gasteiger partial charge in [0.15, 0.2) is 8.32 Å². The second kappa shape index (κ2) is 4.77. The van der Waals surface area contributed by atoms with Crippen LogP contribution >= 0.6 is 0 Å². The van der Waals surface area contributed by atoms with Crippen LogP contribution in [-0.4, -0.2) is 25.6 Å². The van der Waals surface area contributed by atoms with Crippen LogP contribution in [0.15, 0.2) is 0 Å². The summed E-state index contributed by atoms with van der Waals surface area (Å²) in [6.45, 7) is 8.66. The fraction of sp³-hybridized carbons (Fsp3) is 1.00. The van der Waals surface area contributed by atoms with E-state index in [1.165, 1.54) is 12.8 Å². The van der Waals surface area contributed by atoms with Crippen molar-refractivity contribution in [1.29, 1.82) is 0 Å². The van der Waals surface area contributed by atoms with Crippen LogP contribution in [-0.2, 0) is 4.43 Å². The average molecular weight is 216 g/mol. The molecule has 0 aromatic heterocycles. The molecule has 0 heterocycles. The first-order valence-electron chi connectivity index (χ1n) is 5.79. The molecule has 0 amide bonds. The van der Waals surface area contributed by atoms with Crippen molar-refractivity contribution in [2.45, 2.75) is 70.4 Å². The van der Waals surface area contributed by atoms with Gasteiger partial charge in [-0.15, -0.1) is 0 Å². The van der Waals surface area contributed by atoms with Gasteiger partial charge in [-0.25, -0.2) is 0 Å². The van der Waals surface area contributed by atoms with E-state index in [4.69, 9.17) is 4.43 Å². The maximum absolute atomic E-state index is 9.97. The van der Waals surface area contributed by atoms with Gasteiger partial charge in [-0.2, -0.15) is 0 Å². The number of aliphatic hydroxyl groups excluding tert-OH is 1. The standard InChI is InChI=1S/C11H24O2Si/c1-9(2)13-14(3,4)11-8-6-5-7-10(11)12/h9-12H,5-8H2,1-4H3/t10-,11+/m0/s1. The normalized spacial score (nSPS) is 29.6. The van der Waals surface area contributed by atoms with Gasteiger partial charge in [0.25, 0.3) is 0 Å². The molecule has 0 radical (unpaired) electrons. The van der Waals surface area contributed by atoms with Crippen LogP contribution in [0.3, 0.4) is 0 Å². The smallest absolute Gasteiger partial charge is 0.192 e. The van der Waals surface area contributed by atoms with Gasteiger partial charge in [0.1, 0.15) is 0 Å². The van der Waals surface area contributed by atoms with E-state index in [-0.39, 0.29) is 6.10 Å². The summed E-state index contributed by atoms with van der Waals surface area (Å²) in [5, 5.41) is 9.97. The Bertz CT molecular complexity index is 180. The Morgan fingerprint density at radius 1 is 1.21 bits per heavy atom. The minimum Gasteiger partial charge on any atom is -0.415 e. The molecule has 0 unspecified atom stereocenters. The lowest BCUT2D eigenvalue weighted by Crippen LogP contribution is -2.45. The predicted molar refractivity (Wildman–Crippen MR) is 61.9 cm³/mol. The quantitative estimate of drug-likeness (QED) is 0.735. The predicted octanol–water partition coefficient (Wildman–Crippen LogP) is 2.92. The SMILES string of the molecule is CC(C)O[Si](C)(C)[C@@H]1CCCC[C@@H]1O. The molecular formula is C11H24O2Si. The Morgan fingerprint density at radius 2 is 1.79 bits per heavy atom. The Kier molecular flexibility index (Phi) is 4.16. The summed E-state index contributed by atoms with van der Waals surface area (Å²) in [6, 6.07) is 0. The molecule has 84 valence electrons. The molecule has 0 aromatic carbocycles. The maximum atomic E-state index is 9.97. The van der Waals surface area contributed by atoms with Crippen molar-refractivity contribution in [3.8, 4) is 0 Å². The summed E-state index contributed by atoms with van der Waals surface area (Å²) in [5.41, 5.74) is 0.443. The van der Waals surface area contributed by atoms with Gasteiger partial charge >= 0.3 is 0 Å². The zero-order valence-corrected chi connectivity index (χ0v) is 10.9. The molecule has 1 aliphatic rings. The van der Waals surface area contributed by atoms with Crippen molar-refractivity contribution < 1.29 is 9.53 Å². The first-order chi connectivity index (χ1) is 6.43. The van der Waals surface area contributed by atoms with Crippen LogP contribution in [0.5, 0.6) is 0 Å². The van der Waals surface area contributed by atoms with E-state index >= 15 is 0 Å². The number of hydrogen-bond donors (Lipinski definition) is 1. The van der Waals surface area contributed by atoms with Crippen molar-refractivity contribution >= 4 is 8.32 Å². The molecule has 1 aliphatic carbocycles. The molecule has 2 atom stereocenters. The van der Waals surface area contributed by atoms with E-state index in [1.807, 2.05) is 0 Å². The third-order valence-electron chi connectivity index (χ3n) is 3.16. The van der Waals surface area contributed by atoms with Crippen LogP contribution in [0.25, 0.3) is 0 Å². The highest BCUT2D eigenvalue weighted by Crippen LogP contribution is 2.38.